The summed E-state index contributed by atoms with van der Waals surface area (Å²) in [6, 6.07) is 8.80. The van der Waals surface area contributed by atoms with E-state index in [1.54, 1.807) is 38.2 Å². The lowest BCUT2D eigenvalue weighted by Crippen LogP contribution is -2.15. The Morgan fingerprint density at radius 2 is 2.11 bits per heavy atom. The highest BCUT2D eigenvalue weighted by Crippen LogP contribution is 2.33. The van der Waals surface area contributed by atoms with Crippen molar-refractivity contribution >= 4 is 22.6 Å². The van der Waals surface area contributed by atoms with E-state index in [0.29, 0.717) is 28.1 Å². The number of nitriles is 1. The van der Waals surface area contributed by atoms with Crippen LogP contribution < -0.4 is 15.7 Å². The number of anilines is 1. The van der Waals surface area contributed by atoms with Gasteiger partial charge in [-0.15, -0.1) is 0 Å². The van der Waals surface area contributed by atoms with Crippen molar-refractivity contribution in [3.8, 4) is 22.9 Å². The van der Waals surface area contributed by atoms with Gasteiger partial charge in [-0.1, -0.05) is 0 Å². The van der Waals surface area contributed by atoms with E-state index in [9.17, 15) is 14.9 Å². The number of hydrogen-bond acceptors (Lipinski definition) is 7. The highest BCUT2D eigenvalue weighted by molar-refractivity contribution is 7.10. The maximum Gasteiger partial charge on any atom is 0.359 e. The molecule has 2 heterocycles. The summed E-state index contributed by atoms with van der Waals surface area (Å²) in [5.41, 5.74) is 2.14. The lowest BCUT2D eigenvalue weighted by molar-refractivity contribution is 0.102. The molecule has 0 fully saturated rings. The third-order valence-corrected chi connectivity index (χ3v) is 4.61. The number of nitrogens with one attached hydrogen (secondary N) is 1. The van der Waals surface area contributed by atoms with Crippen LogP contribution in [0.3, 0.4) is 0 Å². The molecule has 1 aromatic carbocycles. The molecule has 0 aliphatic heterocycles. The van der Waals surface area contributed by atoms with Gasteiger partial charge in [-0.25, -0.2) is 8.75 Å². The molecule has 9 heteroatoms. The molecule has 136 valence electrons. The Bertz CT molecular complexity index is 1130. The van der Waals surface area contributed by atoms with E-state index in [-0.39, 0.29) is 10.7 Å². The van der Waals surface area contributed by atoms with E-state index in [1.165, 1.54) is 17.3 Å². The Hall–Kier alpha value is -3.51. The summed E-state index contributed by atoms with van der Waals surface area (Å²) in [5, 5.41) is 12.0. The van der Waals surface area contributed by atoms with Crippen LogP contribution in [0.4, 0.5) is 5.13 Å². The van der Waals surface area contributed by atoms with Crippen molar-refractivity contribution in [2.45, 2.75) is 6.92 Å². The number of benzene rings is 1. The molecule has 0 spiro atoms. The lowest BCUT2D eigenvalue weighted by atomic mass is 9.97. The number of aryl methyl sites for hydroxylation is 2. The van der Waals surface area contributed by atoms with Crippen molar-refractivity contribution in [2.75, 3.05) is 12.4 Å². The van der Waals surface area contributed by atoms with Crippen molar-refractivity contribution in [3.63, 3.8) is 0 Å². The average molecular weight is 381 g/mol. The molecular formula is C18H15N5O3S. The Morgan fingerprint density at radius 3 is 2.74 bits per heavy atom. The van der Waals surface area contributed by atoms with Crippen molar-refractivity contribution in [2.24, 2.45) is 7.05 Å². The SMILES string of the molecule is COc1ccc(C#N)cc1-c1cc(C)ncc1C(=O)Nc1nc(=O)n(C)s1. The number of carbonyl (C=O) groups excluding carboxylic acids is 1. The zero-order valence-electron chi connectivity index (χ0n) is 14.8. The minimum atomic E-state index is -0.462. The van der Waals surface area contributed by atoms with Gasteiger partial charge in [0.2, 0.25) is 5.13 Å². The molecule has 1 amide bonds. The van der Waals surface area contributed by atoms with Crippen LogP contribution in [-0.4, -0.2) is 26.9 Å². The number of rotatable bonds is 4. The summed E-state index contributed by atoms with van der Waals surface area (Å²) in [7, 11) is 3.08. The van der Waals surface area contributed by atoms with Gasteiger partial charge in [0.1, 0.15) is 5.75 Å². The average Bonchev–Trinajstić information content (AvgIpc) is 2.97. The van der Waals surface area contributed by atoms with Gasteiger partial charge in [-0.05, 0) is 42.7 Å². The van der Waals surface area contributed by atoms with Crippen LogP contribution in [0.1, 0.15) is 21.6 Å². The first kappa shape index (κ1) is 18.3. The Labute approximate surface area is 158 Å². The normalized spacial score (nSPS) is 10.3. The molecule has 2 aromatic heterocycles. The third kappa shape index (κ3) is 3.70. The number of ether oxygens (including phenoxy) is 1. The standard InChI is InChI=1S/C18H15N5O3S/c1-10-6-12(13-7-11(8-19)4-5-15(13)26-3)14(9-20-10)16(24)21-17-22-18(25)23(2)27-17/h4-7,9H,1-3H3,(H,21,22,24,25). The number of amides is 1. The van der Waals surface area contributed by atoms with Gasteiger partial charge in [0.25, 0.3) is 5.91 Å². The van der Waals surface area contributed by atoms with E-state index >= 15 is 0 Å². The van der Waals surface area contributed by atoms with Crippen molar-refractivity contribution in [3.05, 3.63) is 57.8 Å². The molecule has 1 N–H and O–H groups in total. The van der Waals surface area contributed by atoms with Crippen molar-refractivity contribution < 1.29 is 9.53 Å². The van der Waals surface area contributed by atoms with Crippen LogP contribution in [0.15, 0.2) is 35.3 Å². The maximum atomic E-state index is 12.8. The summed E-state index contributed by atoms with van der Waals surface area (Å²) in [4.78, 5) is 32.2. The smallest absolute Gasteiger partial charge is 0.359 e. The molecule has 0 aliphatic carbocycles. The van der Waals surface area contributed by atoms with E-state index in [0.717, 1.165) is 11.5 Å². The summed E-state index contributed by atoms with van der Waals surface area (Å²) < 4.78 is 6.70. The van der Waals surface area contributed by atoms with Crippen LogP contribution in [0.5, 0.6) is 5.75 Å². The van der Waals surface area contributed by atoms with E-state index in [1.807, 2.05) is 0 Å². The van der Waals surface area contributed by atoms with Crippen LogP contribution in [-0.2, 0) is 7.05 Å². The first-order valence-electron chi connectivity index (χ1n) is 7.83. The van der Waals surface area contributed by atoms with Gasteiger partial charge in [-0.3, -0.25) is 15.1 Å². The molecule has 3 rings (SSSR count). The minimum absolute atomic E-state index is 0.191. The molecule has 0 radical (unpaired) electrons. The number of carbonyl (C=O) groups is 1. The number of hydrogen-bond donors (Lipinski definition) is 1. The van der Waals surface area contributed by atoms with Gasteiger partial charge in [0.15, 0.2) is 0 Å². The molecule has 3 aromatic rings. The molecule has 0 bridgehead atoms. The fraction of sp³-hybridized carbons (Fsp3) is 0.167. The highest BCUT2D eigenvalue weighted by atomic mass is 32.1. The molecule has 27 heavy (non-hydrogen) atoms. The minimum Gasteiger partial charge on any atom is -0.496 e. The van der Waals surface area contributed by atoms with Crippen LogP contribution in [0.25, 0.3) is 11.1 Å². The predicted molar refractivity (Wildman–Crippen MR) is 101 cm³/mol. The first-order chi connectivity index (χ1) is 12.9. The van der Waals surface area contributed by atoms with E-state index in [4.69, 9.17) is 4.74 Å². The summed E-state index contributed by atoms with van der Waals surface area (Å²) in [6.45, 7) is 1.80. The molecule has 8 nitrogen and oxygen atoms in total. The van der Waals surface area contributed by atoms with Crippen molar-refractivity contribution in [1.82, 2.24) is 13.9 Å². The van der Waals surface area contributed by atoms with E-state index in [2.05, 4.69) is 21.4 Å². The summed E-state index contributed by atoms with van der Waals surface area (Å²) >= 11 is 1.03. The molecule has 0 unspecified atom stereocenters. The highest BCUT2D eigenvalue weighted by Gasteiger charge is 2.19. The zero-order chi connectivity index (χ0) is 19.6. The van der Waals surface area contributed by atoms with Gasteiger partial charge in [0.05, 0.1) is 24.3 Å². The van der Waals surface area contributed by atoms with Crippen molar-refractivity contribution in [1.29, 1.82) is 5.26 Å². The Kier molecular flexibility index (Phi) is 5.00. The van der Waals surface area contributed by atoms with E-state index < -0.39 is 11.6 Å². The largest absolute Gasteiger partial charge is 0.496 e. The first-order valence-corrected chi connectivity index (χ1v) is 8.61. The second kappa shape index (κ2) is 7.39. The van der Waals surface area contributed by atoms with Gasteiger partial charge in [-0.2, -0.15) is 10.2 Å². The number of aromatic nitrogens is 3. The van der Waals surface area contributed by atoms with Crippen LogP contribution in [0.2, 0.25) is 0 Å². The van der Waals surface area contributed by atoms with Crippen LogP contribution >= 0.6 is 11.5 Å². The van der Waals surface area contributed by atoms with Gasteiger partial charge >= 0.3 is 5.69 Å². The van der Waals surface area contributed by atoms with Crippen LogP contribution in [0, 0.1) is 18.3 Å². The molecule has 0 saturated carbocycles. The molecule has 0 saturated heterocycles. The monoisotopic (exact) mass is 381 g/mol. The number of nitrogens with zero attached hydrogens (tertiary/aromatic N) is 4. The number of methoxy groups -OCH3 is 1. The number of pyridine rings is 1. The maximum absolute atomic E-state index is 12.8. The second-order valence-electron chi connectivity index (χ2n) is 5.64. The quantitative estimate of drug-likeness (QED) is 0.743. The van der Waals surface area contributed by atoms with Gasteiger partial charge in [0, 0.05) is 30.1 Å². The fourth-order valence-electron chi connectivity index (χ4n) is 2.51. The lowest BCUT2D eigenvalue weighted by Gasteiger charge is -2.13. The summed E-state index contributed by atoms with van der Waals surface area (Å²) in [5.74, 6) is 0.0624. The zero-order valence-corrected chi connectivity index (χ0v) is 15.6. The predicted octanol–water partition coefficient (Wildman–Crippen LogP) is 2.34. The Balaban J connectivity index is 2.10. The molecular weight excluding hydrogens is 366 g/mol. The molecule has 0 atom stereocenters. The summed E-state index contributed by atoms with van der Waals surface area (Å²) in [6.07, 6.45) is 1.45. The second-order valence-corrected chi connectivity index (χ2v) is 6.76. The van der Waals surface area contributed by atoms with Gasteiger partial charge < -0.3 is 4.74 Å². The Morgan fingerprint density at radius 1 is 1.33 bits per heavy atom. The topological polar surface area (TPSA) is 110 Å². The fourth-order valence-corrected chi connectivity index (χ4v) is 3.15. The third-order valence-electron chi connectivity index (χ3n) is 3.81. The molecule has 0 aliphatic rings.